The predicted molar refractivity (Wildman–Crippen MR) is 36.3 cm³/mol. The van der Waals surface area contributed by atoms with Crippen LogP contribution in [0.1, 0.15) is 0 Å². The zero-order valence-corrected chi connectivity index (χ0v) is 5.82. The molecule has 0 unspecified atom stereocenters. The molecular formula is H4BaCaClMgO3P. The second-order valence-corrected chi connectivity index (χ2v) is 2.53. The topological polar surface area (TPSA) is 63.2 Å². The standard InChI is InChI=1S/Ba.Ca.ClH2O3P.Mg.4H/c;;1-5(2,3)4;;;;;/h;;(H2,2,3,4);;;;;/q;;;+2;;;;/p-2. The van der Waals surface area contributed by atoms with E-state index < -0.39 is 6.95 Å². The van der Waals surface area contributed by atoms with E-state index in [0.717, 1.165) is 0 Å². The molecule has 0 spiro atoms. The SMILES string of the molecule is O=P([O-])([O-])Cl.[BaH2].[CaH2].[Mg+2]. The fraction of sp³-hybridized carbons (Fsp3) is 0. The molecule has 8 heavy (non-hydrogen) atoms. The van der Waals surface area contributed by atoms with Gasteiger partial charge in [-0.15, -0.1) is 0 Å². The van der Waals surface area contributed by atoms with Crippen LogP contribution in [-0.4, -0.2) is 110 Å². The molecule has 0 heterocycles. The molecule has 0 rings (SSSR count). The molecule has 40 valence electrons. The molecule has 0 saturated heterocycles. The summed E-state index contributed by atoms with van der Waals surface area (Å²) in [7, 11) is 0. The summed E-state index contributed by atoms with van der Waals surface area (Å²) in [5.74, 6) is 0. The summed E-state index contributed by atoms with van der Waals surface area (Å²) in [6, 6.07) is 0. The van der Waals surface area contributed by atoms with E-state index in [2.05, 4.69) is 11.2 Å². The molecule has 0 aliphatic rings. The fourth-order valence-corrected chi connectivity index (χ4v) is 0. The first-order valence-corrected chi connectivity index (χ1v) is 3.16. The van der Waals surface area contributed by atoms with Crippen LogP contribution in [0, 0.1) is 0 Å². The Labute approximate surface area is 138 Å². The zero-order valence-electron chi connectivity index (χ0n) is 2.76. The van der Waals surface area contributed by atoms with Crippen molar-refractivity contribution in [1.82, 2.24) is 0 Å². The fourth-order valence-electron chi connectivity index (χ4n) is 0. The smallest absolute Gasteiger partial charge is 2.00 e. The van der Waals surface area contributed by atoms with E-state index >= 15 is 0 Å². The molecule has 0 aliphatic heterocycles. The van der Waals surface area contributed by atoms with Gasteiger partial charge in [-0.3, -0.25) is 0 Å². The van der Waals surface area contributed by atoms with Gasteiger partial charge >= 0.3 is 110 Å². The molecule has 0 aromatic heterocycles. The van der Waals surface area contributed by atoms with Crippen molar-refractivity contribution in [1.29, 1.82) is 0 Å². The molecule has 0 fully saturated rings. The predicted octanol–water partition coefficient (Wildman–Crippen LogP) is -3.16. The van der Waals surface area contributed by atoms with E-state index in [4.69, 9.17) is 14.4 Å². The van der Waals surface area contributed by atoms with Gasteiger partial charge in [0.2, 0.25) is 0 Å². The number of halogens is 1. The summed E-state index contributed by atoms with van der Waals surface area (Å²) in [5, 5.41) is 0. The maximum atomic E-state index is 8.87. The third-order valence-electron chi connectivity index (χ3n) is 0. The zero-order chi connectivity index (χ0) is 4.50. The van der Waals surface area contributed by atoms with E-state index in [1.165, 1.54) is 0 Å². The molecule has 8 heteroatoms. The Morgan fingerprint density at radius 2 is 1.38 bits per heavy atom. The molecule has 0 bridgehead atoms. The van der Waals surface area contributed by atoms with E-state index in [1.54, 1.807) is 0 Å². The number of rotatable bonds is 0. The van der Waals surface area contributed by atoms with Crippen molar-refractivity contribution in [3.05, 3.63) is 0 Å². The summed E-state index contributed by atoms with van der Waals surface area (Å²) in [6.45, 7) is -4.67. The van der Waals surface area contributed by atoms with Crippen molar-refractivity contribution in [2.24, 2.45) is 0 Å². The second kappa shape index (κ2) is 11.0. The summed E-state index contributed by atoms with van der Waals surface area (Å²) < 4.78 is 8.87. The quantitative estimate of drug-likeness (QED) is 0.350. The molecule has 0 atom stereocenters. The average Bonchev–Trinajstić information content (AvgIpc) is 0.722. The number of hydrogen-bond donors (Lipinski definition) is 0. The minimum absolute atomic E-state index is 0. The molecule has 0 aromatic carbocycles. The molecule has 0 aromatic rings. The van der Waals surface area contributed by atoms with Crippen LogP contribution >= 0.6 is 18.2 Å². The first-order valence-electron chi connectivity index (χ1n) is 0.717. The minimum atomic E-state index is -4.67. The molecular weight excluding hydrogens is 316 g/mol. The Morgan fingerprint density at radius 1 is 1.38 bits per heavy atom. The van der Waals surface area contributed by atoms with Crippen LogP contribution in [0.5, 0.6) is 0 Å². The molecule has 0 saturated carbocycles. The van der Waals surface area contributed by atoms with Gasteiger partial charge in [-0.2, -0.15) is 0 Å². The van der Waals surface area contributed by atoms with E-state index in [1.807, 2.05) is 0 Å². The van der Waals surface area contributed by atoms with Crippen molar-refractivity contribution in [2.45, 2.75) is 0 Å². The Kier molecular flexibility index (Phi) is 31.3. The largest absolute Gasteiger partial charge is 2.00 e. The van der Waals surface area contributed by atoms with Gasteiger partial charge in [0.15, 0.2) is 0 Å². The average molecular weight is 320 g/mol. The van der Waals surface area contributed by atoms with Gasteiger partial charge in [-0.25, -0.2) is 0 Å². The van der Waals surface area contributed by atoms with Crippen molar-refractivity contribution < 1.29 is 14.4 Å². The van der Waals surface area contributed by atoms with Gasteiger partial charge in [-0.1, -0.05) is 11.2 Å². The molecule has 0 N–H and O–H groups in total. The van der Waals surface area contributed by atoms with Crippen LogP contribution in [0.25, 0.3) is 0 Å². The van der Waals surface area contributed by atoms with Crippen molar-refractivity contribution >= 4 is 128 Å². The van der Waals surface area contributed by atoms with Crippen LogP contribution in [0.3, 0.4) is 0 Å². The van der Waals surface area contributed by atoms with Gasteiger partial charge < -0.3 is 14.4 Å². The third kappa shape index (κ3) is 50.3. The van der Waals surface area contributed by atoms with Crippen LogP contribution in [0.2, 0.25) is 0 Å². The Morgan fingerprint density at radius 3 is 1.38 bits per heavy atom. The first-order chi connectivity index (χ1) is 2.00. The Balaban J connectivity index is -0.0000000267. The Hall–Kier alpha value is 4.04. The normalized spacial score (nSPS) is 7.38. The van der Waals surface area contributed by atoms with Gasteiger partial charge in [0.1, 0.15) is 0 Å². The van der Waals surface area contributed by atoms with Crippen LogP contribution in [0.4, 0.5) is 0 Å². The van der Waals surface area contributed by atoms with Crippen LogP contribution < -0.4 is 9.79 Å². The van der Waals surface area contributed by atoms with Crippen molar-refractivity contribution in [2.75, 3.05) is 0 Å². The summed E-state index contributed by atoms with van der Waals surface area (Å²) >= 11 is 3.97. The van der Waals surface area contributed by atoms with Crippen LogP contribution in [0.15, 0.2) is 0 Å². The van der Waals surface area contributed by atoms with Gasteiger partial charge in [0.25, 0.3) is 0 Å². The van der Waals surface area contributed by atoms with Crippen molar-refractivity contribution in [3.8, 4) is 0 Å². The molecule has 0 amide bonds. The maximum Gasteiger partial charge on any atom is 2.00 e. The summed E-state index contributed by atoms with van der Waals surface area (Å²) in [5.41, 5.74) is 0. The summed E-state index contributed by atoms with van der Waals surface area (Å²) in [6.07, 6.45) is 0. The maximum absolute atomic E-state index is 8.87. The monoisotopic (exact) mass is 320 g/mol. The van der Waals surface area contributed by atoms with Crippen LogP contribution in [-0.2, 0) is 4.57 Å². The molecule has 0 aliphatic carbocycles. The van der Waals surface area contributed by atoms with Gasteiger partial charge in [0, 0.05) is 6.95 Å². The van der Waals surface area contributed by atoms with Gasteiger partial charge in [0.05, 0.1) is 0 Å². The molecule has 0 radical (unpaired) electrons. The third-order valence-corrected chi connectivity index (χ3v) is 0. The van der Waals surface area contributed by atoms with E-state index in [9.17, 15) is 0 Å². The van der Waals surface area contributed by atoms with Gasteiger partial charge in [-0.05, 0) is 0 Å². The van der Waals surface area contributed by atoms with E-state index in [-0.39, 0.29) is 110 Å². The first kappa shape index (κ1) is 22.7. The van der Waals surface area contributed by atoms with E-state index in [0.29, 0.717) is 0 Å². The number of hydrogen-bond acceptors (Lipinski definition) is 3. The minimum Gasteiger partial charge on any atom is 2.00 e. The second-order valence-electron chi connectivity index (χ2n) is 0.431. The Bertz CT molecular complexity index is 65.4. The molecule has 3 nitrogen and oxygen atoms in total. The van der Waals surface area contributed by atoms with Crippen molar-refractivity contribution in [3.63, 3.8) is 0 Å². The summed E-state index contributed by atoms with van der Waals surface area (Å²) in [4.78, 5) is 17.7.